The lowest BCUT2D eigenvalue weighted by Crippen LogP contribution is -2.40. The largest absolute Gasteiger partial charge is 0.461 e. The molecule has 0 spiro atoms. The second-order valence-corrected chi connectivity index (χ2v) is 9.89. The van der Waals surface area contributed by atoms with Crippen LogP contribution in [0.5, 0.6) is 0 Å². The molecule has 4 atom stereocenters. The number of rotatable bonds is 8. The van der Waals surface area contributed by atoms with Crippen molar-refractivity contribution in [3.63, 3.8) is 0 Å². The number of ether oxygens (including phenoxy) is 3. The zero-order chi connectivity index (χ0) is 24.8. The van der Waals surface area contributed by atoms with Gasteiger partial charge in [0.1, 0.15) is 24.3 Å². The molecule has 0 amide bonds. The SMILES string of the molecule is Cc1ccc(C(=O)OC[C@H]2SC(O)[C@@H](OCc3ccccc3)[C@H]2OC(=O)c2ccc(C)cc2)cc1. The first-order chi connectivity index (χ1) is 16.9. The zero-order valence-electron chi connectivity index (χ0n) is 19.6. The lowest BCUT2D eigenvalue weighted by molar-refractivity contribution is -0.0821. The smallest absolute Gasteiger partial charge is 0.338 e. The quantitative estimate of drug-likeness (QED) is 0.456. The van der Waals surface area contributed by atoms with Crippen LogP contribution in [0.2, 0.25) is 0 Å². The van der Waals surface area contributed by atoms with Gasteiger partial charge in [-0.25, -0.2) is 9.59 Å². The van der Waals surface area contributed by atoms with Gasteiger partial charge in [0, 0.05) is 0 Å². The van der Waals surface area contributed by atoms with Crippen LogP contribution in [0.1, 0.15) is 37.4 Å². The number of carbonyl (C=O) groups is 2. The van der Waals surface area contributed by atoms with Gasteiger partial charge in [-0.3, -0.25) is 0 Å². The van der Waals surface area contributed by atoms with Gasteiger partial charge in [0.15, 0.2) is 0 Å². The second-order valence-electron chi connectivity index (χ2n) is 8.53. The van der Waals surface area contributed by atoms with E-state index in [2.05, 4.69) is 0 Å². The number of esters is 2. The molecule has 4 rings (SSSR count). The first-order valence-corrected chi connectivity index (χ1v) is 12.4. The Labute approximate surface area is 209 Å². The second kappa shape index (κ2) is 11.5. The van der Waals surface area contributed by atoms with Crippen molar-refractivity contribution in [3.8, 4) is 0 Å². The highest BCUT2D eigenvalue weighted by atomic mass is 32.2. The number of aliphatic hydroxyl groups is 1. The fourth-order valence-electron chi connectivity index (χ4n) is 3.74. The summed E-state index contributed by atoms with van der Waals surface area (Å²) in [6.07, 6.45) is -1.59. The van der Waals surface area contributed by atoms with Gasteiger partial charge >= 0.3 is 11.9 Å². The van der Waals surface area contributed by atoms with Gasteiger partial charge in [-0.1, -0.05) is 65.7 Å². The molecule has 3 aromatic carbocycles. The minimum atomic E-state index is -0.947. The Morgan fingerprint density at radius 1 is 0.800 bits per heavy atom. The van der Waals surface area contributed by atoms with Crippen LogP contribution in [0.4, 0.5) is 0 Å². The van der Waals surface area contributed by atoms with Crippen molar-refractivity contribution >= 4 is 23.7 Å². The lowest BCUT2D eigenvalue weighted by atomic mass is 10.1. The van der Waals surface area contributed by atoms with Crippen molar-refractivity contribution in [3.05, 3.63) is 107 Å². The van der Waals surface area contributed by atoms with E-state index in [9.17, 15) is 14.7 Å². The first-order valence-electron chi connectivity index (χ1n) is 11.4. The van der Waals surface area contributed by atoms with E-state index in [1.807, 2.05) is 68.4 Å². The summed E-state index contributed by atoms with van der Waals surface area (Å²) < 4.78 is 17.4. The van der Waals surface area contributed by atoms with Crippen molar-refractivity contribution in [2.75, 3.05) is 6.61 Å². The molecule has 182 valence electrons. The highest BCUT2D eigenvalue weighted by Gasteiger charge is 2.47. The number of hydrogen-bond donors (Lipinski definition) is 1. The summed E-state index contributed by atoms with van der Waals surface area (Å²) in [5, 5.41) is 10.3. The van der Waals surface area contributed by atoms with Crippen LogP contribution < -0.4 is 0 Å². The average Bonchev–Trinajstić information content (AvgIpc) is 3.16. The highest BCUT2D eigenvalue weighted by Crippen LogP contribution is 2.38. The molecule has 0 radical (unpaired) electrons. The van der Waals surface area contributed by atoms with Crippen LogP contribution in [-0.4, -0.2) is 46.5 Å². The fourth-order valence-corrected chi connectivity index (χ4v) is 5.00. The third-order valence-electron chi connectivity index (χ3n) is 5.77. The van der Waals surface area contributed by atoms with Crippen LogP contribution in [0.15, 0.2) is 78.9 Å². The third kappa shape index (κ3) is 6.51. The van der Waals surface area contributed by atoms with Crippen LogP contribution in [0.3, 0.4) is 0 Å². The van der Waals surface area contributed by atoms with E-state index in [0.29, 0.717) is 11.1 Å². The van der Waals surface area contributed by atoms with Gasteiger partial charge in [0.25, 0.3) is 0 Å². The van der Waals surface area contributed by atoms with Crippen LogP contribution in [0.25, 0.3) is 0 Å². The molecule has 1 saturated heterocycles. The maximum atomic E-state index is 12.9. The van der Waals surface area contributed by atoms with Crippen molar-refractivity contribution in [2.45, 2.75) is 43.3 Å². The van der Waals surface area contributed by atoms with Crippen molar-refractivity contribution < 1.29 is 28.9 Å². The van der Waals surface area contributed by atoms with Crippen molar-refractivity contribution in [2.24, 2.45) is 0 Å². The summed E-state index contributed by atoms with van der Waals surface area (Å²) in [6.45, 7) is 4.09. The summed E-state index contributed by atoms with van der Waals surface area (Å²) in [5.74, 6) is -0.995. The summed E-state index contributed by atoms with van der Waals surface area (Å²) in [4.78, 5) is 25.4. The summed E-state index contributed by atoms with van der Waals surface area (Å²) in [6, 6.07) is 23.7. The summed E-state index contributed by atoms with van der Waals surface area (Å²) in [5.41, 5.74) is 2.89. The fraction of sp³-hybridized carbons (Fsp3) is 0.286. The maximum Gasteiger partial charge on any atom is 0.338 e. The Kier molecular flexibility index (Phi) is 8.23. The molecule has 1 unspecified atom stereocenters. The topological polar surface area (TPSA) is 82.1 Å². The number of carbonyl (C=O) groups excluding carboxylic acids is 2. The first kappa shape index (κ1) is 25.0. The highest BCUT2D eigenvalue weighted by molar-refractivity contribution is 8.00. The van der Waals surface area contributed by atoms with Crippen LogP contribution >= 0.6 is 11.8 Å². The van der Waals surface area contributed by atoms with E-state index in [1.54, 1.807) is 24.3 Å². The molecule has 0 aliphatic carbocycles. The average molecular weight is 493 g/mol. The number of aryl methyl sites for hydroxylation is 2. The Morgan fingerprint density at radius 2 is 1.37 bits per heavy atom. The van der Waals surface area contributed by atoms with Gasteiger partial charge in [0.05, 0.1) is 23.0 Å². The molecule has 1 N–H and O–H groups in total. The minimum absolute atomic E-state index is 0.0362. The minimum Gasteiger partial charge on any atom is -0.461 e. The number of hydrogen-bond acceptors (Lipinski definition) is 7. The number of aliphatic hydroxyl groups excluding tert-OH is 1. The molecule has 6 nitrogen and oxygen atoms in total. The van der Waals surface area contributed by atoms with E-state index in [0.717, 1.165) is 16.7 Å². The van der Waals surface area contributed by atoms with Gasteiger partial charge in [-0.15, -0.1) is 11.8 Å². The van der Waals surface area contributed by atoms with Crippen LogP contribution in [0, 0.1) is 13.8 Å². The summed E-state index contributed by atoms with van der Waals surface area (Å²) >= 11 is 1.17. The lowest BCUT2D eigenvalue weighted by Gasteiger charge is -2.25. The maximum absolute atomic E-state index is 12.9. The Balaban J connectivity index is 1.47. The molecular formula is C28H28O6S. The molecule has 1 aliphatic heterocycles. The Morgan fingerprint density at radius 3 is 1.97 bits per heavy atom. The van der Waals surface area contributed by atoms with E-state index in [-0.39, 0.29) is 13.2 Å². The summed E-state index contributed by atoms with van der Waals surface area (Å²) in [7, 11) is 0. The van der Waals surface area contributed by atoms with Gasteiger partial charge in [-0.2, -0.15) is 0 Å². The molecule has 7 heteroatoms. The molecular weight excluding hydrogens is 464 g/mol. The molecule has 0 aromatic heterocycles. The van der Waals surface area contributed by atoms with E-state index in [4.69, 9.17) is 14.2 Å². The van der Waals surface area contributed by atoms with Gasteiger partial charge < -0.3 is 19.3 Å². The molecule has 0 bridgehead atoms. The molecule has 1 heterocycles. The Hall–Kier alpha value is -3.13. The van der Waals surface area contributed by atoms with Gasteiger partial charge in [0.2, 0.25) is 0 Å². The van der Waals surface area contributed by atoms with Crippen molar-refractivity contribution in [1.29, 1.82) is 0 Å². The molecule has 3 aromatic rings. The number of benzene rings is 3. The predicted octanol–water partition coefficient (Wildman–Crippen LogP) is 4.71. The van der Waals surface area contributed by atoms with Crippen LogP contribution in [-0.2, 0) is 20.8 Å². The standard InChI is InChI=1S/C28H28O6S/c1-18-8-12-21(13-9-18)26(29)33-17-23-24(34-27(30)22-14-10-19(2)11-15-22)25(28(31)35-23)32-16-20-6-4-3-5-7-20/h3-15,23-25,28,31H,16-17H2,1-2H3/t23-,24+,25+,28?/m1/s1. The van der Waals surface area contributed by atoms with Gasteiger partial charge in [-0.05, 0) is 43.7 Å². The molecule has 1 fully saturated rings. The molecule has 35 heavy (non-hydrogen) atoms. The predicted molar refractivity (Wildman–Crippen MR) is 134 cm³/mol. The van der Waals surface area contributed by atoms with E-state index < -0.39 is 34.8 Å². The van der Waals surface area contributed by atoms with E-state index >= 15 is 0 Å². The molecule has 0 saturated carbocycles. The zero-order valence-corrected chi connectivity index (χ0v) is 20.4. The Bertz CT molecular complexity index is 1130. The monoisotopic (exact) mass is 492 g/mol. The molecule has 1 aliphatic rings. The third-order valence-corrected chi connectivity index (χ3v) is 7.07. The van der Waals surface area contributed by atoms with Crippen molar-refractivity contribution in [1.82, 2.24) is 0 Å². The normalized spacial score (nSPS) is 21.5. The number of thioether (sulfide) groups is 1. The van der Waals surface area contributed by atoms with E-state index in [1.165, 1.54) is 11.8 Å².